The molecule has 0 unspecified atom stereocenters. The minimum absolute atomic E-state index is 0.286. The van der Waals surface area contributed by atoms with E-state index in [9.17, 15) is 13.2 Å². The first-order chi connectivity index (χ1) is 14.2. The Labute approximate surface area is 179 Å². The quantitative estimate of drug-likeness (QED) is 0.544. The Bertz CT molecular complexity index is 850. The number of halogens is 3. The van der Waals surface area contributed by atoms with Crippen molar-refractivity contribution in [3.05, 3.63) is 51.0 Å². The van der Waals surface area contributed by atoms with Gasteiger partial charge in [0.2, 0.25) is 0 Å². The molecule has 0 spiro atoms. The van der Waals surface area contributed by atoms with Crippen LogP contribution >= 0.6 is 11.3 Å². The monoisotopic (exact) mass is 439 g/mol. The summed E-state index contributed by atoms with van der Waals surface area (Å²) in [6, 6.07) is 5.89. The Balaban J connectivity index is 1.45. The van der Waals surface area contributed by atoms with Gasteiger partial charge in [0.25, 0.3) is 0 Å². The third-order valence-corrected chi connectivity index (χ3v) is 6.37. The van der Waals surface area contributed by atoms with Gasteiger partial charge in [-0.25, -0.2) is 4.98 Å². The summed E-state index contributed by atoms with van der Waals surface area (Å²) in [5.41, 5.74) is 1.17. The van der Waals surface area contributed by atoms with Gasteiger partial charge in [0.1, 0.15) is 5.01 Å². The third-order valence-electron chi connectivity index (χ3n) is 5.29. The molecular weight excluding hydrogens is 411 g/mol. The fourth-order valence-corrected chi connectivity index (χ4v) is 4.38. The van der Waals surface area contributed by atoms with Crippen LogP contribution in [0.1, 0.15) is 39.5 Å². The van der Waals surface area contributed by atoms with E-state index in [4.69, 9.17) is 0 Å². The predicted octanol–water partition coefficient (Wildman–Crippen LogP) is 4.11. The molecule has 0 bridgehead atoms. The van der Waals surface area contributed by atoms with Crippen LogP contribution in [0.15, 0.2) is 29.3 Å². The molecule has 1 aliphatic rings. The molecule has 1 aromatic carbocycles. The van der Waals surface area contributed by atoms with E-state index in [0.29, 0.717) is 18.7 Å². The summed E-state index contributed by atoms with van der Waals surface area (Å²) in [6.07, 6.45) is -2.48. The molecule has 0 aliphatic carbocycles. The van der Waals surface area contributed by atoms with Crippen molar-refractivity contribution in [2.45, 2.75) is 52.0 Å². The molecule has 0 atom stereocenters. The average molecular weight is 440 g/mol. The Hall–Kier alpha value is -2.13. The molecule has 2 heterocycles. The molecule has 9 heteroatoms. The van der Waals surface area contributed by atoms with Crippen molar-refractivity contribution in [2.75, 3.05) is 20.1 Å². The van der Waals surface area contributed by atoms with Crippen molar-refractivity contribution in [3.8, 4) is 0 Å². The molecule has 0 radical (unpaired) electrons. The van der Waals surface area contributed by atoms with Gasteiger partial charge in [-0.3, -0.25) is 9.89 Å². The SMILES string of the molecule is CN=C(NCc1nc(C)c(C)s1)NC1CCN(Cc2cccc(C(F)(F)F)c2)CC1. The predicted molar refractivity (Wildman–Crippen MR) is 115 cm³/mol. The van der Waals surface area contributed by atoms with Gasteiger partial charge in [0.15, 0.2) is 5.96 Å². The highest BCUT2D eigenvalue weighted by atomic mass is 32.1. The number of guanidine groups is 1. The number of aromatic nitrogens is 1. The number of nitrogens with zero attached hydrogens (tertiary/aromatic N) is 3. The number of alkyl halides is 3. The van der Waals surface area contributed by atoms with E-state index in [1.807, 2.05) is 6.92 Å². The number of likely N-dealkylation sites (tertiary alicyclic amines) is 1. The Kier molecular flexibility index (Phi) is 7.36. The minimum Gasteiger partial charge on any atom is -0.354 e. The molecule has 5 nitrogen and oxygen atoms in total. The van der Waals surface area contributed by atoms with E-state index in [0.717, 1.165) is 48.7 Å². The zero-order valence-corrected chi connectivity index (χ0v) is 18.3. The zero-order valence-electron chi connectivity index (χ0n) is 17.5. The highest BCUT2D eigenvalue weighted by Gasteiger charge is 2.30. The molecule has 30 heavy (non-hydrogen) atoms. The lowest BCUT2D eigenvalue weighted by molar-refractivity contribution is -0.137. The van der Waals surface area contributed by atoms with Crippen molar-refractivity contribution in [2.24, 2.45) is 4.99 Å². The second kappa shape index (κ2) is 9.78. The van der Waals surface area contributed by atoms with Gasteiger partial charge in [-0.1, -0.05) is 18.2 Å². The maximum absolute atomic E-state index is 12.9. The average Bonchev–Trinajstić information content (AvgIpc) is 3.03. The largest absolute Gasteiger partial charge is 0.416 e. The lowest BCUT2D eigenvalue weighted by atomic mass is 10.0. The number of rotatable bonds is 5. The number of benzene rings is 1. The van der Waals surface area contributed by atoms with Crippen molar-refractivity contribution in [1.82, 2.24) is 20.5 Å². The zero-order chi connectivity index (χ0) is 21.7. The topological polar surface area (TPSA) is 52.6 Å². The first-order valence-electron chi connectivity index (χ1n) is 10.0. The van der Waals surface area contributed by atoms with E-state index < -0.39 is 11.7 Å². The molecule has 2 N–H and O–H groups in total. The van der Waals surface area contributed by atoms with Gasteiger partial charge in [-0.2, -0.15) is 13.2 Å². The number of hydrogen-bond acceptors (Lipinski definition) is 4. The smallest absolute Gasteiger partial charge is 0.354 e. The second-order valence-corrected chi connectivity index (χ2v) is 8.86. The lowest BCUT2D eigenvalue weighted by Crippen LogP contribution is -2.48. The molecule has 2 aromatic rings. The molecule has 0 amide bonds. The maximum Gasteiger partial charge on any atom is 0.416 e. The van der Waals surface area contributed by atoms with Crippen LogP contribution in [0.25, 0.3) is 0 Å². The Morgan fingerprint density at radius 3 is 2.60 bits per heavy atom. The molecule has 1 fully saturated rings. The van der Waals surface area contributed by atoms with Crippen LogP contribution in [0, 0.1) is 13.8 Å². The molecule has 1 saturated heterocycles. The summed E-state index contributed by atoms with van der Waals surface area (Å²) >= 11 is 1.68. The van der Waals surface area contributed by atoms with E-state index in [1.54, 1.807) is 24.5 Å². The van der Waals surface area contributed by atoms with Crippen LogP contribution in [0.4, 0.5) is 13.2 Å². The van der Waals surface area contributed by atoms with Gasteiger partial charge in [0.05, 0.1) is 17.8 Å². The number of aryl methyl sites for hydroxylation is 2. The maximum atomic E-state index is 12.9. The highest BCUT2D eigenvalue weighted by Crippen LogP contribution is 2.30. The summed E-state index contributed by atoms with van der Waals surface area (Å²) in [6.45, 7) is 6.90. The first-order valence-corrected chi connectivity index (χ1v) is 10.8. The van der Waals surface area contributed by atoms with Crippen molar-refractivity contribution in [1.29, 1.82) is 0 Å². The summed E-state index contributed by atoms with van der Waals surface area (Å²) in [5, 5.41) is 7.79. The van der Waals surface area contributed by atoms with Crippen LogP contribution in [-0.2, 0) is 19.3 Å². The van der Waals surface area contributed by atoms with E-state index in [-0.39, 0.29) is 6.04 Å². The molecule has 1 aromatic heterocycles. The molecule has 164 valence electrons. The van der Waals surface area contributed by atoms with Crippen LogP contribution in [0.2, 0.25) is 0 Å². The van der Waals surface area contributed by atoms with Gasteiger partial charge in [0, 0.05) is 37.6 Å². The van der Waals surface area contributed by atoms with Gasteiger partial charge in [-0.05, 0) is 38.3 Å². The molecule has 0 saturated carbocycles. The van der Waals surface area contributed by atoms with E-state index in [1.165, 1.54) is 17.0 Å². The normalized spacial score (nSPS) is 16.7. The summed E-state index contributed by atoms with van der Waals surface area (Å²) in [7, 11) is 1.75. The standard InChI is InChI=1S/C21H28F3N5S/c1-14-15(2)30-19(27-14)12-26-20(25-3)28-18-7-9-29(10-8-18)13-16-5-4-6-17(11-16)21(22,23)24/h4-6,11,18H,7-10,12-13H2,1-3H3,(H2,25,26,28). The molecular formula is C21H28F3N5S. The van der Waals surface area contributed by atoms with Crippen molar-refractivity contribution in [3.63, 3.8) is 0 Å². The number of thiazole rings is 1. The van der Waals surface area contributed by atoms with Crippen molar-refractivity contribution >= 4 is 17.3 Å². The minimum atomic E-state index is -4.30. The van der Waals surface area contributed by atoms with Crippen LogP contribution in [0.3, 0.4) is 0 Å². The lowest BCUT2D eigenvalue weighted by Gasteiger charge is -2.33. The number of aliphatic imine (C=N–C) groups is 1. The highest BCUT2D eigenvalue weighted by molar-refractivity contribution is 7.11. The molecule has 1 aliphatic heterocycles. The van der Waals surface area contributed by atoms with Gasteiger partial charge >= 0.3 is 6.18 Å². The summed E-state index contributed by atoms with van der Waals surface area (Å²) in [4.78, 5) is 12.3. The Morgan fingerprint density at radius 2 is 2.00 bits per heavy atom. The van der Waals surface area contributed by atoms with Crippen LogP contribution in [-0.4, -0.2) is 42.0 Å². The second-order valence-electron chi connectivity index (χ2n) is 7.57. The van der Waals surface area contributed by atoms with Crippen molar-refractivity contribution < 1.29 is 13.2 Å². The number of hydrogen-bond donors (Lipinski definition) is 2. The fourth-order valence-electron chi connectivity index (χ4n) is 3.50. The van der Waals surface area contributed by atoms with Crippen LogP contribution in [0.5, 0.6) is 0 Å². The first kappa shape index (κ1) is 22.6. The third kappa shape index (κ3) is 6.18. The number of piperidine rings is 1. The van der Waals surface area contributed by atoms with E-state index in [2.05, 4.69) is 32.4 Å². The Morgan fingerprint density at radius 1 is 1.27 bits per heavy atom. The molecule has 3 rings (SSSR count). The van der Waals surface area contributed by atoms with Gasteiger partial charge in [-0.15, -0.1) is 11.3 Å². The van der Waals surface area contributed by atoms with Crippen LogP contribution < -0.4 is 10.6 Å². The fraction of sp³-hybridized carbons (Fsp3) is 0.524. The van der Waals surface area contributed by atoms with Gasteiger partial charge < -0.3 is 10.6 Å². The summed E-state index contributed by atoms with van der Waals surface area (Å²) < 4.78 is 38.7. The summed E-state index contributed by atoms with van der Waals surface area (Å²) in [5.74, 6) is 0.747. The number of nitrogens with one attached hydrogen (secondary N) is 2. The van der Waals surface area contributed by atoms with E-state index >= 15 is 0 Å².